The maximum absolute atomic E-state index is 11.2. The molecule has 0 spiro atoms. The highest BCUT2D eigenvalue weighted by Crippen LogP contribution is 2.08. The van der Waals surface area contributed by atoms with Crippen molar-refractivity contribution >= 4 is 11.9 Å². The Bertz CT molecular complexity index is 234. The molecule has 1 N–H and O–H groups in total. The average Bonchev–Trinajstić information content (AvgIpc) is 2.21. The molecule has 0 aliphatic heterocycles. The van der Waals surface area contributed by atoms with Crippen LogP contribution in [-0.4, -0.2) is 35.4 Å². The van der Waals surface area contributed by atoms with Gasteiger partial charge >= 0.3 is 11.9 Å². The van der Waals surface area contributed by atoms with Gasteiger partial charge in [0.2, 0.25) is 0 Å². The minimum absolute atomic E-state index is 0.143. The van der Waals surface area contributed by atoms with Gasteiger partial charge in [0.05, 0.1) is 18.3 Å². The van der Waals surface area contributed by atoms with Gasteiger partial charge in [0.15, 0.2) is 0 Å². The predicted octanol–water partition coefficient (Wildman–Crippen LogP) is 1.81. The van der Waals surface area contributed by atoms with Gasteiger partial charge in [0, 0.05) is 12.8 Å². The van der Waals surface area contributed by atoms with Gasteiger partial charge < -0.3 is 14.6 Å². The van der Waals surface area contributed by atoms with E-state index in [0.29, 0.717) is 12.8 Å². The standard InChI is InChI=1S/C13H24O5/c1-9(2)17-12(15)7-5-11(14)6-8-13(16)18-10(3)4/h9-11,14H,5-8H2,1-4H3. The Kier molecular flexibility index (Phi) is 8.37. The first-order valence-corrected chi connectivity index (χ1v) is 6.38. The summed E-state index contributed by atoms with van der Waals surface area (Å²) in [5.74, 6) is -0.650. The van der Waals surface area contributed by atoms with Crippen molar-refractivity contribution < 1.29 is 24.2 Å². The first-order chi connectivity index (χ1) is 8.31. The molecule has 0 aliphatic carbocycles. The highest BCUT2D eigenvalue weighted by molar-refractivity contribution is 5.70. The fraction of sp³-hybridized carbons (Fsp3) is 0.846. The van der Waals surface area contributed by atoms with E-state index in [1.54, 1.807) is 27.7 Å². The van der Waals surface area contributed by atoms with Gasteiger partial charge in [-0.15, -0.1) is 0 Å². The molecule has 106 valence electrons. The second kappa shape index (κ2) is 8.91. The number of aliphatic hydroxyl groups excluding tert-OH is 1. The molecule has 0 amide bonds. The van der Waals surface area contributed by atoms with Gasteiger partial charge in [-0.05, 0) is 40.5 Å². The Balaban J connectivity index is 3.68. The van der Waals surface area contributed by atoms with Crippen LogP contribution >= 0.6 is 0 Å². The van der Waals surface area contributed by atoms with Gasteiger partial charge in [0.1, 0.15) is 0 Å². The van der Waals surface area contributed by atoms with Crippen LogP contribution < -0.4 is 0 Å². The molecule has 0 atom stereocenters. The third-order valence-electron chi connectivity index (χ3n) is 2.10. The summed E-state index contributed by atoms with van der Waals surface area (Å²) in [6.45, 7) is 7.10. The third kappa shape index (κ3) is 10.1. The van der Waals surface area contributed by atoms with E-state index in [2.05, 4.69) is 0 Å². The summed E-state index contributed by atoms with van der Waals surface area (Å²) in [5.41, 5.74) is 0. The average molecular weight is 260 g/mol. The number of rotatable bonds is 8. The van der Waals surface area contributed by atoms with Crippen LogP contribution in [-0.2, 0) is 19.1 Å². The SMILES string of the molecule is CC(C)OC(=O)CCC(O)CCC(=O)OC(C)C. The number of hydrogen-bond acceptors (Lipinski definition) is 5. The van der Waals surface area contributed by atoms with Crippen LogP contribution in [0.25, 0.3) is 0 Å². The minimum Gasteiger partial charge on any atom is -0.463 e. The number of hydrogen-bond donors (Lipinski definition) is 1. The predicted molar refractivity (Wildman–Crippen MR) is 66.9 cm³/mol. The van der Waals surface area contributed by atoms with Crippen molar-refractivity contribution in [3.8, 4) is 0 Å². The van der Waals surface area contributed by atoms with Crippen molar-refractivity contribution in [3.05, 3.63) is 0 Å². The monoisotopic (exact) mass is 260 g/mol. The van der Waals surface area contributed by atoms with E-state index in [4.69, 9.17) is 9.47 Å². The maximum atomic E-state index is 11.2. The highest BCUT2D eigenvalue weighted by Gasteiger charge is 2.13. The fourth-order valence-electron chi connectivity index (χ4n) is 1.36. The van der Waals surface area contributed by atoms with E-state index in [0.717, 1.165) is 0 Å². The molecule has 0 aliphatic rings. The van der Waals surface area contributed by atoms with E-state index in [1.165, 1.54) is 0 Å². The quantitative estimate of drug-likeness (QED) is 0.674. The maximum Gasteiger partial charge on any atom is 0.306 e. The molecule has 0 heterocycles. The molecular formula is C13H24O5. The topological polar surface area (TPSA) is 72.8 Å². The van der Waals surface area contributed by atoms with Gasteiger partial charge in [-0.2, -0.15) is 0 Å². The highest BCUT2D eigenvalue weighted by atomic mass is 16.5. The Morgan fingerprint density at radius 2 is 1.22 bits per heavy atom. The van der Waals surface area contributed by atoms with Gasteiger partial charge in [-0.1, -0.05) is 0 Å². The Hall–Kier alpha value is -1.10. The van der Waals surface area contributed by atoms with Crippen molar-refractivity contribution in [3.63, 3.8) is 0 Å². The Labute approximate surface area is 108 Å². The van der Waals surface area contributed by atoms with Crippen LogP contribution in [0.1, 0.15) is 53.4 Å². The first kappa shape index (κ1) is 16.9. The summed E-state index contributed by atoms with van der Waals surface area (Å²) in [6, 6.07) is 0. The molecule has 0 unspecified atom stereocenters. The van der Waals surface area contributed by atoms with Crippen LogP contribution in [0.5, 0.6) is 0 Å². The number of carbonyl (C=O) groups is 2. The van der Waals surface area contributed by atoms with E-state index >= 15 is 0 Å². The van der Waals surface area contributed by atoms with Crippen LogP contribution in [0.15, 0.2) is 0 Å². The van der Waals surface area contributed by atoms with E-state index in [9.17, 15) is 14.7 Å². The molecule has 0 aromatic rings. The Morgan fingerprint density at radius 1 is 0.889 bits per heavy atom. The molecule has 18 heavy (non-hydrogen) atoms. The number of ether oxygens (including phenoxy) is 2. The summed E-state index contributed by atoms with van der Waals surface area (Å²) in [5, 5.41) is 9.60. The lowest BCUT2D eigenvalue weighted by atomic mass is 10.1. The largest absolute Gasteiger partial charge is 0.463 e. The molecule has 0 radical (unpaired) electrons. The summed E-state index contributed by atoms with van der Waals surface area (Å²) in [4.78, 5) is 22.4. The molecule has 0 saturated carbocycles. The van der Waals surface area contributed by atoms with Crippen LogP contribution in [0, 0.1) is 0 Å². The molecule has 5 heteroatoms. The number of aliphatic hydroxyl groups is 1. The third-order valence-corrected chi connectivity index (χ3v) is 2.10. The van der Waals surface area contributed by atoms with Gasteiger partial charge in [-0.3, -0.25) is 9.59 Å². The van der Waals surface area contributed by atoms with Crippen molar-refractivity contribution in [2.24, 2.45) is 0 Å². The number of esters is 2. The lowest BCUT2D eigenvalue weighted by molar-refractivity contribution is -0.148. The van der Waals surface area contributed by atoms with Crippen molar-refractivity contribution in [2.45, 2.75) is 71.7 Å². The van der Waals surface area contributed by atoms with Gasteiger partial charge in [-0.25, -0.2) is 0 Å². The summed E-state index contributed by atoms with van der Waals surface area (Å²) >= 11 is 0. The van der Waals surface area contributed by atoms with Crippen molar-refractivity contribution in [1.82, 2.24) is 0 Å². The van der Waals surface area contributed by atoms with Crippen LogP contribution in [0.4, 0.5) is 0 Å². The number of carbonyl (C=O) groups excluding carboxylic acids is 2. The lowest BCUT2D eigenvalue weighted by Crippen LogP contribution is -2.17. The normalized spacial score (nSPS) is 11.1. The molecule has 0 aromatic heterocycles. The fourth-order valence-corrected chi connectivity index (χ4v) is 1.36. The molecule has 0 bridgehead atoms. The van der Waals surface area contributed by atoms with Crippen LogP contribution in [0.2, 0.25) is 0 Å². The van der Waals surface area contributed by atoms with E-state index < -0.39 is 6.10 Å². The second-order valence-electron chi connectivity index (χ2n) is 4.81. The summed E-state index contributed by atoms with van der Waals surface area (Å²) in [7, 11) is 0. The molecule has 5 nitrogen and oxygen atoms in total. The zero-order chi connectivity index (χ0) is 14.1. The van der Waals surface area contributed by atoms with E-state index in [-0.39, 0.29) is 37.0 Å². The zero-order valence-electron chi connectivity index (χ0n) is 11.6. The van der Waals surface area contributed by atoms with Gasteiger partial charge in [0.25, 0.3) is 0 Å². The lowest BCUT2D eigenvalue weighted by Gasteiger charge is -2.12. The second-order valence-corrected chi connectivity index (χ2v) is 4.81. The Morgan fingerprint density at radius 3 is 1.50 bits per heavy atom. The molecule has 0 rings (SSSR count). The molecule has 0 fully saturated rings. The zero-order valence-corrected chi connectivity index (χ0v) is 11.6. The minimum atomic E-state index is -0.676. The van der Waals surface area contributed by atoms with Crippen molar-refractivity contribution in [2.75, 3.05) is 0 Å². The smallest absolute Gasteiger partial charge is 0.306 e. The summed E-state index contributed by atoms with van der Waals surface area (Å²) in [6.07, 6.45) is -0.0196. The molecular weight excluding hydrogens is 236 g/mol. The first-order valence-electron chi connectivity index (χ1n) is 6.38. The molecule has 0 aromatic carbocycles. The van der Waals surface area contributed by atoms with E-state index in [1.807, 2.05) is 0 Å². The van der Waals surface area contributed by atoms with Crippen molar-refractivity contribution in [1.29, 1.82) is 0 Å². The van der Waals surface area contributed by atoms with Crippen LogP contribution in [0.3, 0.4) is 0 Å². The summed E-state index contributed by atoms with van der Waals surface area (Å²) < 4.78 is 9.87. The molecule has 0 saturated heterocycles.